The van der Waals surface area contributed by atoms with Crippen LogP contribution >= 0.6 is 11.3 Å². The van der Waals surface area contributed by atoms with E-state index in [9.17, 15) is 14.9 Å². The van der Waals surface area contributed by atoms with Crippen LogP contribution in [0.2, 0.25) is 0 Å². The molecule has 0 aliphatic rings. The fraction of sp³-hybridized carbons (Fsp3) is 0.105. The first kappa shape index (κ1) is 19.2. The van der Waals surface area contributed by atoms with E-state index in [2.05, 4.69) is 15.5 Å². The molecule has 0 spiro atoms. The third-order valence-corrected chi connectivity index (χ3v) is 4.62. The molecule has 0 atom stereocenters. The smallest absolute Gasteiger partial charge is 0.276 e. The molecule has 1 aromatic heterocycles. The van der Waals surface area contributed by atoms with Crippen LogP contribution in [0.4, 0.5) is 10.8 Å². The largest absolute Gasteiger partial charge is 0.496 e. The third-order valence-electron chi connectivity index (χ3n) is 3.78. The first-order valence-corrected chi connectivity index (χ1v) is 9.05. The highest BCUT2D eigenvalue weighted by atomic mass is 32.1. The van der Waals surface area contributed by atoms with Crippen molar-refractivity contribution in [2.75, 3.05) is 12.4 Å². The number of nitro benzene ring substituents is 1. The molecule has 0 saturated heterocycles. The van der Waals surface area contributed by atoms with Crippen molar-refractivity contribution in [1.29, 1.82) is 0 Å². The summed E-state index contributed by atoms with van der Waals surface area (Å²) in [6.07, 6.45) is 3.15. The highest BCUT2D eigenvalue weighted by molar-refractivity contribution is 7.15. The molecule has 0 aliphatic heterocycles. The first-order valence-electron chi connectivity index (χ1n) is 8.23. The predicted octanol–water partition coefficient (Wildman–Crippen LogP) is 3.70. The second-order valence-electron chi connectivity index (χ2n) is 5.63. The molecule has 0 fully saturated rings. The summed E-state index contributed by atoms with van der Waals surface area (Å²) < 4.78 is 5.32. The maximum Gasteiger partial charge on any atom is 0.276 e. The number of hydrogen-bond acceptors (Lipinski definition) is 7. The first-order chi connectivity index (χ1) is 13.6. The van der Waals surface area contributed by atoms with Crippen molar-refractivity contribution in [1.82, 2.24) is 10.2 Å². The standard InChI is InChI=1S/C19H16N4O4S/c1-27-16-9-5-3-7-14(16)12-18-21-22-19(28-18)20-17(24)11-10-13-6-2-4-8-15(13)23(25)26/h2-11H,12H2,1H3,(H,20,22,24)/b11-10+. The van der Waals surface area contributed by atoms with Gasteiger partial charge in [-0.25, -0.2) is 0 Å². The molecular formula is C19H16N4O4S. The minimum absolute atomic E-state index is 0.0680. The number of ether oxygens (including phenoxy) is 1. The molecule has 1 N–H and O–H groups in total. The minimum atomic E-state index is -0.494. The lowest BCUT2D eigenvalue weighted by Crippen LogP contribution is -2.07. The molecule has 1 amide bonds. The molecule has 0 radical (unpaired) electrons. The number of benzene rings is 2. The SMILES string of the molecule is COc1ccccc1Cc1nnc(NC(=O)/C=C/c2ccccc2[N+](=O)[O-])s1. The summed E-state index contributed by atoms with van der Waals surface area (Å²) in [5, 5.41) is 22.7. The molecular weight excluding hydrogens is 380 g/mol. The molecule has 28 heavy (non-hydrogen) atoms. The Morgan fingerprint density at radius 3 is 2.75 bits per heavy atom. The molecule has 9 heteroatoms. The minimum Gasteiger partial charge on any atom is -0.496 e. The summed E-state index contributed by atoms with van der Waals surface area (Å²) in [7, 11) is 1.61. The quantitative estimate of drug-likeness (QED) is 0.371. The van der Waals surface area contributed by atoms with Crippen molar-refractivity contribution in [3.8, 4) is 5.75 Å². The fourth-order valence-electron chi connectivity index (χ4n) is 2.49. The Balaban J connectivity index is 1.65. The highest BCUT2D eigenvalue weighted by Crippen LogP contribution is 2.24. The maximum absolute atomic E-state index is 12.1. The van der Waals surface area contributed by atoms with Crippen molar-refractivity contribution in [3.05, 3.63) is 80.9 Å². The van der Waals surface area contributed by atoms with Gasteiger partial charge in [0.1, 0.15) is 10.8 Å². The molecule has 3 aromatic rings. The molecule has 0 saturated carbocycles. The number of anilines is 1. The predicted molar refractivity (Wildman–Crippen MR) is 106 cm³/mol. The molecule has 1 heterocycles. The Bertz CT molecular complexity index is 1030. The fourth-order valence-corrected chi connectivity index (χ4v) is 3.26. The Kier molecular flexibility index (Phi) is 6.07. The molecule has 0 bridgehead atoms. The lowest BCUT2D eigenvalue weighted by molar-refractivity contribution is -0.385. The van der Waals surface area contributed by atoms with Gasteiger partial charge in [0.05, 0.1) is 17.6 Å². The summed E-state index contributed by atoms with van der Waals surface area (Å²) >= 11 is 1.25. The molecule has 8 nitrogen and oxygen atoms in total. The van der Waals surface area contributed by atoms with Crippen LogP contribution < -0.4 is 10.1 Å². The number of nitrogens with zero attached hydrogens (tertiary/aromatic N) is 3. The number of amides is 1. The molecule has 142 valence electrons. The topological polar surface area (TPSA) is 107 Å². The van der Waals surface area contributed by atoms with Crippen molar-refractivity contribution >= 4 is 34.1 Å². The lowest BCUT2D eigenvalue weighted by atomic mass is 10.1. The van der Waals surface area contributed by atoms with Gasteiger partial charge in [-0.3, -0.25) is 20.2 Å². The van der Waals surface area contributed by atoms with E-state index in [4.69, 9.17) is 4.74 Å². The highest BCUT2D eigenvalue weighted by Gasteiger charge is 2.12. The van der Waals surface area contributed by atoms with Gasteiger partial charge in [0, 0.05) is 24.1 Å². The Morgan fingerprint density at radius 1 is 1.21 bits per heavy atom. The lowest BCUT2D eigenvalue weighted by Gasteiger charge is -2.05. The van der Waals surface area contributed by atoms with Crippen LogP contribution in [0.3, 0.4) is 0 Å². The number of aromatic nitrogens is 2. The summed E-state index contributed by atoms with van der Waals surface area (Å²) in [6.45, 7) is 0. The van der Waals surface area contributed by atoms with Gasteiger partial charge in [-0.05, 0) is 18.2 Å². The van der Waals surface area contributed by atoms with Gasteiger partial charge in [-0.15, -0.1) is 10.2 Å². The molecule has 0 aliphatic carbocycles. The summed E-state index contributed by atoms with van der Waals surface area (Å²) in [5.41, 5.74) is 1.24. The molecule has 2 aromatic carbocycles. The number of nitrogens with one attached hydrogen (secondary N) is 1. The summed E-state index contributed by atoms with van der Waals surface area (Å²) in [6, 6.07) is 13.8. The number of hydrogen-bond donors (Lipinski definition) is 1. The third kappa shape index (κ3) is 4.77. The molecule has 0 unspecified atom stereocenters. The van der Waals surface area contributed by atoms with Gasteiger partial charge in [0.2, 0.25) is 11.0 Å². The second kappa shape index (κ2) is 8.87. The van der Waals surface area contributed by atoms with Gasteiger partial charge in [0.25, 0.3) is 5.69 Å². The van der Waals surface area contributed by atoms with Crippen LogP contribution in [0.1, 0.15) is 16.1 Å². The van der Waals surface area contributed by atoms with Crippen LogP contribution in [0, 0.1) is 10.1 Å². The zero-order valence-corrected chi connectivity index (χ0v) is 15.7. The zero-order valence-electron chi connectivity index (χ0n) is 14.9. The second-order valence-corrected chi connectivity index (χ2v) is 6.69. The van der Waals surface area contributed by atoms with Crippen LogP contribution in [-0.4, -0.2) is 28.1 Å². The average molecular weight is 396 g/mol. The van der Waals surface area contributed by atoms with Crippen molar-refractivity contribution in [3.63, 3.8) is 0 Å². The van der Waals surface area contributed by atoms with E-state index < -0.39 is 10.8 Å². The van der Waals surface area contributed by atoms with Gasteiger partial charge >= 0.3 is 0 Å². The van der Waals surface area contributed by atoms with Crippen LogP contribution in [0.15, 0.2) is 54.6 Å². The number of para-hydroxylation sites is 2. The zero-order chi connectivity index (χ0) is 19.9. The van der Waals surface area contributed by atoms with Crippen molar-refractivity contribution in [2.24, 2.45) is 0 Å². The van der Waals surface area contributed by atoms with E-state index in [-0.39, 0.29) is 5.69 Å². The van der Waals surface area contributed by atoms with Gasteiger partial charge in [0.15, 0.2) is 0 Å². The van der Waals surface area contributed by atoms with E-state index in [0.717, 1.165) is 16.3 Å². The summed E-state index contributed by atoms with van der Waals surface area (Å²) in [4.78, 5) is 22.6. The van der Waals surface area contributed by atoms with Gasteiger partial charge in [-0.2, -0.15) is 0 Å². The Labute approximate surface area is 164 Å². The van der Waals surface area contributed by atoms with Crippen LogP contribution in [0.25, 0.3) is 6.08 Å². The Hall–Kier alpha value is -3.59. The van der Waals surface area contributed by atoms with E-state index in [1.807, 2.05) is 24.3 Å². The van der Waals surface area contributed by atoms with E-state index in [1.54, 1.807) is 25.3 Å². The van der Waals surface area contributed by atoms with Gasteiger partial charge in [-0.1, -0.05) is 41.7 Å². The average Bonchev–Trinajstić information content (AvgIpc) is 3.13. The number of carbonyl (C=O) groups excluding carboxylic acids is 1. The van der Waals surface area contributed by atoms with Crippen molar-refractivity contribution in [2.45, 2.75) is 6.42 Å². The summed E-state index contributed by atoms with van der Waals surface area (Å²) in [5.74, 6) is 0.314. The number of methoxy groups -OCH3 is 1. The normalized spacial score (nSPS) is 10.8. The van der Waals surface area contributed by atoms with Crippen LogP contribution in [-0.2, 0) is 11.2 Å². The van der Waals surface area contributed by atoms with E-state index in [0.29, 0.717) is 17.1 Å². The molecule has 3 rings (SSSR count). The van der Waals surface area contributed by atoms with Crippen LogP contribution in [0.5, 0.6) is 5.75 Å². The number of rotatable bonds is 7. The van der Waals surface area contributed by atoms with E-state index in [1.165, 1.54) is 29.6 Å². The Morgan fingerprint density at radius 2 is 1.96 bits per heavy atom. The van der Waals surface area contributed by atoms with E-state index >= 15 is 0 Å². The van der Waals surface area contributed by atoms with Gasteiger partial charge < -0.3 is 4.74 Å². The maximum atomic E-state index is 12.1. The number of carbonyl (C=O) groups is 1. The number of nitro groups is 1. The van der Waals surface area contributed by atoms with Crippen molar-refractivity contribution < 1.29 is 14.5 Å². The monoisotopic (exact) mass is 396 g/mol.